The van der Waals surface area contributed by atoms with Crippen molar-refractivity contribution in [2.75, 3.05) is 19.4 Å². The lowest BCUT2D eigenvalue weighted by molar-refractivity contribution is 0.0921. The Balaban J connectivity index is 2.51. The molecule has 2 rings (SSSR count). The van der Waals surface area contributed by atoms with Gasteiger partial charge in [0.1, 0.15) is 11.4 Å². The molecule has 20 heavy (non-hydrogen) atoms. The number of nitrogens with two attached hydrogens (primary N) is 1. The first-order valence-electron chi connectivity index (χ1n) is 6.22. The molecule has 0 fully saturated rings. The molecular formula is C14H17N3O3. The number of hydrogen-bond acceptors (Lipinski definition) is 5. The second-order valence-corrected chi connectivity index (χ2v) is 4.50. The van der Waals surface area contributed by atoms with Crippen molar-refractivity contribution in [1.82, 2.24) is 10.3 Å². The Kier molecular flexibility index (Phi) is 4.05. The number of nitrogens with zero attached hydrogens (tertiary/aromatic N) is 1. The molecular weight excluding hydrogens is 258 g/mol. The van der Waals surface area contributed by atoms with Crippen molar-refractivity contribution in [3.63, 3.8) is 0 Å². The van der Waals surface area contributed by atoms with Crippen LogP contribution in [0.15, 0.2) is 24.4 Å². The van der Waals surface area contributed by atoms with Gasteiger partial charge in [-0.25, -0.2) is 0 Å². The molecule has 4 N–H and O–H groups in total. The van der Waals surface area contributed by atoms with E-state index in [1.165, 1.54) is 6.20 Å². The average molecular weight is 275 g/mol. The Morgan fingerprint density at radius 3 is 2.90 bits per heavy atom. The van der Waals surface area contributed by atoms with Crippen LogP contribution in [-0.4, -0.2) is 35.8 Å². The molecule has 0 aliphatic carbocycles. The molecule has 6 nitrogen and oxygen atoms in total. The number of carbonyl (C=O) groups is 1. The van der Waals surface area contributed by atoms with Gasteiger partial charge < -0.3 is 20.9 Å². The molecule has 0 saturated carbocycles. The van der Waals surface area contributed by atoms with E-state index in [4.69, 9.17) is 10.5 Å². The van der Waals surface area contributed by atoms with Crippen LogP contribution in [0.25, 0.3) is 10.8 Å². The van der Waals surface area contributed by atoms with Crippen LogP contribution in [0, 0.1) is 0 Å². The van der Waals surface area contributed by atoms with Crippen molar-refractivity contribution in [3.05, 3.63) is 30.1 Å². The summed E-state index contributed by atoms with van der Waals surface area (Å²) >= 11 is 0. The number of pyridine rings is 1. The number of carbonyl (C=O) groups excluding carboxylic acids is 1. The predicted molar refractivity (Wildman–Crippen MR) is 76.7 cm³/mol. The summed E-state index contributed by atoms with van der Waals surface area (Å²) in [7, 11) is 1.55. The third-order valence-corrected chi connectivity index (χ3v) is 2.91. The zero-order chi connectivity index (χ0) is 14.7. The highest BCUT2D eigenvalue weighted by atomic mass is 16.5. The van der Waals surface area contributed by atoms with Crippen LogP contribution in [0.5, 0.6) is 5.75 Å². The first kappa shape index (κ1) is 14.1. The summed E-state index contributed by atoms with van der Waals surface area (Å²) in [5.41, 5.74) is 6.63. The molecule has 0 bridgehead atoms. The molecule has 1 aromatic heterocycles. The van der Waals surface area contributed by atoms with Crippen LogP contribution in [0.4, 0.5) is 5.69 Å². The number of methoxy groups -OCH3 is 1. The van der Waals surface area contributed by atoms with Crippen molar-refractivity contribution < 1.29 is 14.6 Å². The molecule has 6 heteroatoms. The largest absolute Gasteiger partial charge is 0.496 e. The third kappa shape index (κ3) is 2.65. The van der Waals surface area contributed by atoms with Crippen LogP contribution in [-0.2, 0) is 0 Å². The number of amides is 1. The first-order chi connectivity index (χ1) is 9.54. The summed E-state index contributed by atoms with van der Waals surface area (Å²) in [4.78, 5) is 16.2. The molecule has 0 aliphatic heterocycles. The maximum Gasteiger partial charge on any atom is 0.270 e. The van der Waals surface area contributed by atoms with Gasteiger partial charge in [0.05, 0.1) is 13.2 Å². The SMILES string of the molecule is COc1ccc(N)c2c(C(=O)NCC(C)O)nccc12. The molecule has 1 heterocycles. The summed E-state index contributed by atoms with van der Waals surface area (Å²) in [6, 6.07) is 5.17. The van der Waals surface area contributed by atoms with Crippen molar-refractivity contribution in [1.29, 1.82) is 0 Å². The standard InChI is InChI=1S/C14H17N3O3/c1-8(18)7-17-14(19)13-12-9(5-6-16-13)11(20-2)4-3-10(12)15/h3-6,8,18H,7,15H2,1-2H3,(H,17,19). The molecule has 1 aromatic carbocycles. The van der Waals surface area contributed by atoms with E-state index >= 15 is 0 Å². The molecule has 0 spiro atoms. The number of nitrogens with one attached hydrogen (secondary N) is 1. The maximum atomic E-state index is 12.1. The Morgan fingerprint density at radius 2 is 2.25 bits per heavy atom. The number of anilines is 1. The lowest BCUT2D eigenvalue weighted by atomic mass is 10.1. The number of benzene rings is 1. The van der Waals surface area contributed by atoms with E-state index in [1.54, 1.807) is 32.2 Å². The maximum absolute atomic E-state index is 12.1. The van der Waals surface area contributed by atoms with E-state index in [0.29, 0.717) is 16.8 Å². The molecule has 0 aliphatic rings. The van der Waals surface area contributed by atoms with Gasteiger partial charge in [-0.05, 0) is 25.1 Å². The Hall–Kier alpha value is -2.34. The van der Waals surface area contributed by atoms with Crippen molar-refractivity contribution in [2.24, 2.45) is 0 Å². The van der Waals surface area contributed by atoms with Crippen molar-refractivity contribution in [3.8, 4) is 5.75 Å². The van der Waals surface area contributed by atoms with Crippen LogP contribution < -0.4 is 15.8 Å². The molecule has 1 amide bonds. The molecule has 106 valence electrons. The van der Waals surface area contributed by atoms with E-state index in [1.807, 2.05) is 0 Å². The summed E-state index contributed by atoms with van der Waals surface area (Å²) < 4.78 is 5.26. The number of aromatic nitrogens is 1. The Bertz CT molecular complexity index is 641. The van der Waals surface area contributed by atoms with E-state index in [2.05, 4.69) is 10.3 Å². The molecule has 1 unspecified atom stereocenters. The fourth-order valence-corrected chi connectivity index (χ4v) is 1.97. The normalized spacial score (nSPS) is 12.2. The first-order valence-corrected chi connectivity index (χ1v) is 6.22. The molecule has 2 aromatic rings. The minimum atomic E-state index is -0.624. The zero-order valence-electron chi connectivity index (χ0n) is 11.4. The summed E-state index contributed by atoms with van der Waals surface area (Å²) in [6.07, 6.45) is 0.905. The van der Waals surface area contributed by atoms with Crippen LogP contribution in [0.3, 0.4) is 0 Å². The smallest absolute Gasteiger partial charge is 0.270 e. The fourth-order valence-electron chi connectivity index (χ4n) is 1.97. The van der Waals surface area contributed by atoms with E-state index < -0.39 is 6.10 Å². The average Bonchev–Trinajstić information content (AvgIpc) is 2.44. The van der Waals surface area contributed by atoms with E-state index in [9.17, 15) is 9.90 Å². The molecule has 1 atom stereocenters. The highest BCUT2D eigenvalue weighted by Crippen LogP contribution is 2.31. The lowest BCUT2D eigenvalue weighted by Crippen LogP contribution is -2.31. The molecule has 0 radical (unpaired) electrons. The highest BCUT2D eigenvalue weighted by Gasteiger charge is 2.16. The number of fused-ring (bicyclic) bond motifs is 1. The molecule has 0 saturated heterocycles. The van der Waals surface area contributed by atoms with Crippen LogP contribution in [0.2, 0.25) is 0 Å². The zero-order valence-corrected chi connectivity index (χ0v) is 11.4. The predicted octanol–water partition coefficient (Wildman–Crippen LogP) is 0.936. The number of aliphatic hydroxyl groups is 1. The number of nitrogen functional groups attached to an aromatic ring is 1. The minimum absolute atomic E-state index is 0.154. The Labute approximate surface area is 116 Å². The number of ether oxygens (including phenoxy) is 1. The van der Waals surface area contributed by atoms with E-state index in [0.717, 1.165) is 5.39 Å². The van der Waals surface area contributed by atoms with Gasteiger partial charge in [0, 0.05) is 29.2 Å². The third-order valence-electron chi connectivity index (χ3n) is 2.91. The van der Waals surface area contributed by atoms with Gasteiger partial charge in [-0.2, -0.15) is 0 Å². The van der Waals surface area contributed by atoms with Gasteiger partial charge in [-0.15, -0.1) is 0 Å². The van der Waals surface area contributed by atoms with Gasteiger partial charge in [0.2, 0.25) is 0 Å². The van der Waals surface area contributed by atoms with Gasteiger partial charge in [-0.1, -0.05) is 0 Å². The van der Waals surface area contributed by atoms with Gasteiger partial charge in [0.25, 0.3) is 5.91 Å². The van der Waals surface area contributed by atoms with Gasteiger partial charge >= 0.3 is 0 Å². The number of aliphatic hydroxyl groups excluding tert-OH is 1. The minimum Gasteiger partial charge on any atom is -0.496 e. The van der Waals surface area contributed by atoms with Gasteiger partial charge in [-0.3, -0.25) is 9.78 Å². The van der Waals surface area contributed by atoms with Crippen molar-refractivity contribution in [2.45, 2.75) is 13.0 Å². The van der Waals surface area contributed by atoms with E-state index in [-0.39, 0.29) is 18.1 Å². The van der Waals surface area contributed by atoms with Gasteiger partial charge in [0.15, 0.2) is 0 Å². The summed E-state index contributed by atoms with van der Waals surface area (Å²) in [5, 5.41) is 13.1. The topological polar surface area (TPSA) is 97.5 Å². The summed E-state index contributed by atoms with van der Waals surface area (Å²) in [6.45, 7) is 1.75. The second-order valence-electron chi connectivity index (χ2n) is 4.50. The Morgan fingerprint density at radius 1 is 1.50 bits per heavy atom. The van der Waals surface area contributed by atoms with Crippen LogP contribution in [0.1, 0.15) is 17.4 Å². The fraction of sp³-hybridized carbons (Fsp3) is 0.286. The quantitative estimate of drug-likeness (QED) is 0.721. The van der Waals surface area contributed by atoms with Crippen LogP contribution >= 0.6 is 0 Å². The monoisotopic (exact) mass is 275 g/mol. The second kappa shape index (κ2) is 5.75. The summed E-state index contributed by atoms with van der Waals surface area (Å²) in [5.74, 6) is 0.248. The lowest BCUT2D eigenvalue weighted by Gasteiger charge is -2.12. The number of rotatable bonds is 4. The van der Waals surface area contributed by atoms with Crippen molar-refractivity contribution >= 4 is 22.4 Å². The number of hydrogen-bond donors (Lipinski definition) is 3. The highest BCUT2D eigenvalue weighted by molar-refractivity contribution is 6.11.